The normalized spacial score (nSPS) is 13.3. The van der Waals surface area contributed by atoms with Crippen LogP contribution >= 0.6 is 0 Å². The molecule has 6 heteroatoms. The molecule has 3 unspecified atom stereocenters. The molecule has 0 spiro atoms. The largest absolute Gasteiger partial charge is 0.462 e. The van der Waals surface area contributed by atoms with Crippen molar-refractivity contribution < 1.29 is 24.5 Å². The van der Waals surface area contributed by atoms with Gasteiger partial charge in [-0.1, -0.05) is 244 Å². The van der Waals surface area contributed by atoms with Crippen LogP contribution in [0.2, 0.25) is 0 Å². The highest BCUT2D eigenvalue weighted by molar-refractivity contribution is 5.77. The van der Waals surface area contributed by atoms with Crippen molar-refractivity contribution in [2.45, 2.75) is 309 Å². The van der Waals surface area contributed by atoms with E-state index in [9.17, 15) is 19.8 Å². The van der Waals surface area contributed by atoms with Gasteiger partial charge in [0, 0.05) is 6.42 Å². The van der Waals surface area contributed by atoms with E-state index in [1.54, 1.807) is 0 Å². The van der Waals surface area contributed by atoms with Crippen molar-refractivity contribution in [3.63, 3.8) is 0 Å². The minimum atomic E-state index is -0.782. The SMILES string of the molecule is CCCCC/C=C\C/C=C\CCCCCCCCCCCC(=O)OC(CCCCCCCCCCCCCCCC)CC(=O)NC(CO)C(O)CCCCCCCCCCC. The number of hydrogen-bond donors (Lipinski definition) is 3. The summed E-state index contributed by atoms with van der Waals surface area (Å²) < 4.78 is 5.95. The number of carbonyl (C=O) groups is 2. The van der Waals surface area contributed by atoms with E-state index in [0.717, 1.165) is 57.8 Å². The Morgan fingerprint density at radius 2 is 0.836 bits per heavy atom. The molecule has 0 bridgehead atoms. The molecule has 0 aliphatic rings. The number of carbonyl (C=O) groups excluding carboxylic acids is 2. The Labute approximate surface area is 380 Å². The molecule has 0 aromatic carbocycles. The van der Waals surface area contributed by atoms with Crippen LogP contribution in [0, 0.1) is 0 Å². The Morgan fingerprint density at radius 1 is 0.475 bits per heavy atom. The number of amides is 1. The van der Waals surface area contributed by atoms with Gasteiger partial charge in [0.2, 0.25) is 5.91 Å². The molecule has 61 heavy (non-hydrogen) atoms. The summed E-state index contributed by atoms with van der Waals surface area (Å²) in [7, 11) is 0. The van der Waals surface area contributed by atoms with Gasteiger partial charge >= 0.3 is 5.97 Å². The van der Waals surface area contributed by atoms with E-state index in [1.807, 2.05) is 0 Å². The zero-order valence-corrected chi connectivity index (χ0v) is 41.1. The highest BCUT2D eigenvalue weighted by Crippen LogP contribution is 2.18. The average molecular weight is 860 g/mol. The number of aliphatic hydroxyl groups excluding tert-OH is 2. The molecule has 1 amide bonds. The molecule has 0 aliphatic heterocycles. The van der Waals surface area contributed by atoms with Gasteiger partial charge in [0.05, 0.1) is 25.2 Å². The first kappa shape index (κ1) is 59.3. The van der Waals surface area contributed by atoms with Crippen LogP contribution in [0.4, 0.5) is 0 Å². The third-order valence-electron chi connectivity index (χ3n) is 12.5. The smallest absolute Gasteiger partial charge is 0.306 e. The number of esters is 1. The lowest BCUT2D eigenvalue weighted by molar-refractivity contribution is -0.151. The summed E-state index contributed by atoms with van der Waals surface area (Å²) in [5.41, 5.74) is 0. The number of nitrogens with one attached hydrogen (secondary N) is 1. The highest BCUT2D eigenvalue weighted by Gasteiger charge is 2.24. The first-order valence-electron chi connectivity index (χ1n) is 27.1. The van der Waals surface area contributed by atoms with Gasteiger partial charge in [-0.25, -0.2) is 0 Å². The van der Waals surface area contributed by atoms with Crippen molar-refractivity contribution >= 4 is 11.9 Å². The Morgan fingerprint density at radius 3 is 1.28 bits per heavy atom. The maximum Gasteiger partial charge on any atom is 0.306 e. The second-order valence-electron chi connectivity index (χ2n) is 18.6. The second kappa shape index (κ2) is 49.4. The van der Waals surface area contributed by atoms with Crippen molar-refractivity contribution in [3.05, 3.63) is 24.3 Å². The third kappa shape index (κ3) is 44.7. The van der Waals surface area contributed by atoms with Crippen LogP contribution in [0.15, 0.2) is 24.3 Å². The maximum atomic E-state index is 13.2. The van der Waals surface area contributed by atoms with E-state index < -0.39 is 18.2 Å². The number of rotatable bonds is 49. The maximum absolute atomic E-state index is 13.2. The summed E-state index contributed by atoms with van der Waals surface area (Å²) in [5, 5.41) is 23.7. The molecule has 0 saturated heterocycles. The molecule has 0 radical (unpaired) electrons. The predicted octanol–water partition coefficient (Wildman–Crippen LogP) is 16.3. The zero-order chi connectivity index (χ0) is 44.5. The van der Waals surface area contributed by atoms with Gasteiger partial charge in [-0.15, -0.1) is 0 Å². The van der Waals surface area contributed by atoms with Gasteiger partial charge in [0.15, 0.2) is 0 Å². The Hall–Kier alpha value is -1.66. The third-order valence-corrected chi connectivity index (χ3v) is 12.5. The second-order valence-corrected chi connectivity index (χ2v) is 18.6. The molecule has 3 N–H and O–H groups in total. The monoisotopic (exact) mass is 860 g/mol. The van der Waals surface area contributed by atoms with Crippen molar-refractivity contribution in [1.29, 1.82) is 0 Å². The molecule has 3 atom stereocenters. The molecule has 0 rings (SSSR count). The van der Waals surface area contributed by atoms with Crippen molar-refractivity contribution in [2.75, 3.05) is 6.61 Å². The lowest BCUT2D eigenvalue weighted by Gasteiger charge is -2.24. The first-order valence-corrected chi connectivity index (χ1v) is 27.1. The molecule has 0 saturated carbocycles. The summed E-state index contributed by atoms with van der Waals surface area (Å²) in [6, 6.07) is -0.696. The van der Waals surface area contributed by atoms with E-state index in [-0.39, 0.29) is 24.9 Å². The predicted molar refractivity (Wildman–Crippen MR) is 264 cm³/mol. The molecule has 0 heterocycles. The van der Waals surface area contributed by atoms with Gasteiger partial charge in [0.25, 0.3) is 0 Å². The quantitative estimate of drug-likeness (QED) is 0.0322. The van der Waals surface area contributed by atoms with Crippen molar-refractivity contribution in [1.82, 2.24) is 5.32 Å². The minimum absolute atomic E-state index is 0.0816. The molecule has 0 aromatic rings. The first-order chi connectivity index (χ1) is 30.0. The van der Waals surface area contributed by atoms with E-state index in [0.29, 0.717) is 19.3 Å². The number of hydrogen-bond acceptors (Lipinski definition) is 5. The number of unbranched alkanes of at least 4 members (excludes halogenated alkanes) is 33. The lowest BCUT2D eigenvalue weighted by atomic mass is 10.0. The van der Waals surface area contributed by atoms with Crippen LogP contribution in [-0.2, 0) is 14.3 Å². The molecular formula is C55H105NO5. The number of aliphatic hydroxyl groups is 2. The summed E-state index contributed by atoms with van der Waals surface area (Å²) >= 11 is 0. The Balaban J connectivity index is 4.48. The minimum Gasteiger partial charge on any atom is -0.462 e. The molecule has 0 fully saturated rings. The fraction of sp³-hybridized carbons (Fsp3) is 0.891. The molecule has 0 aromatic heterocycles. The Kier molecular flexibility index (Phi) is 48.0. The van der Waals surface area contributed by atoms with Gasteiger partial charge < -0.3 is 20.3 Å². The highest BCUT2D eigenvalue weighted by atomic mass is 16.5. The van der Waals surface area contributed by atoms with E-state index in [4.69, 9.17) is 4.74 Å². The van der Waals surface area contributed by atoms with Gasteiger partial charge in [-0.2, -0.15) is 0 Å². The van der Waals surface area contributed by atoms with E-state index in [2.05, 4.69) is 50.4 Å². The van der Waals surface area contributed by atoms with Crippen LogP contribution in [0.1, 0.15) is 290 Å². The van der Waals surface area contributed by atoms with E-state index in [1.165, 1.54) is 186 Å². The lowest BCUT2D eigenvalue weighted by Crippen LogP contribution is -2.46. The summed E-state index contributed by atoms with van der Waals surface area (Å²) in [6.07, 6.45) is 56.7. The number of allylic oxidation sites excluding steroid dienone is 4. The summed E-state index contributed by atoms with van der Waals surface area (Å²) in [4.78, 5) is 26.2. The fourth-order valence-electron chi connectivity index (χ4n) is 8.40. The van der Waals surface area contributed by atoms with Crippen LogP contribution in [0.3, 0.4) is 0 Å². The van der Waals surface area contributed by atoms with Crippen LogP contribution in [-0.4, -0.2) is 46.9 Å². The molecule has 360 valence electrons. The zero-order valence-electron chi connectivity index (χ0n) is 41.1. The fourth-order valence-corrected chi connectivity index (χ4v) is 8.40. The summed E-state index contributed by atoms with van der Waals surface area (Å²) in [6.45, 7) is 6.46. The van der Waals surface area contributed by atoms with Crippen molar-refractivity contribution in [3.8, 4) is 0 Å². The van der Waals surface area contributed by atoms with Gasteiger partial charge in [0.1, 0.15) is 6.10 Å². The van der Waals surface area contributed by atoms with Gasteiger partial charge in [-0.05, 0) is 57.8 Å². The molecule has 0 aliphatic carbocycles. The average Bonchev–Trinajstić information content (AvgIpc) is 3.25. The topological polar surface area (TPSA) is 95.9 Å². The van der Waals surface area contributed by atoms with E-state index >= 15 is 0 Å². The number of ether oxygens (including phenoxy) is 1. The summed E-state index contributed by atoms with van der Waals surface area (Å²) in [5.74, 6) is -0.463. The molecule has 6 nitrogen and oxygen atoms in total. The molecular weight excluding hydrogens is 755 g/mol. The van der Waals surface area contributed by atoms with Crippen LogP contribution in [0.5, 0.6) is 0 Å². The van der Waals surface area contributed by atoms with Crippen LogP contribution in [0.25, 0.3) is 0 Å². The standard InChI is InChI=1S/C55H105NO5/c1-4-7-10-13-16-19-21-23-25-26-27-28-29-31-33-36-39-42-45-48-55(60)61-51(46-43-40-37-35-32-30-24-22-20-17-14-11-8-5-2)49-54(59)56-52(50-57)53(58)47-44-41-38-34-18-15-12-9-6-3/h16,19,23,25,51-53,57-58H,4-15,17-18,20-22,24,26-50H2,1-3H3,(H,56,59)/b19-16-,25-23-. The van der Waals surface area contributed by atoms with Gasteiger partial charge in [-0.3, -0.25) is 9.59 Å². The van der Waals surface area contributed by atoms with Crippen LogP contribution < -0.4 is 5.32 Å². The van der Waals surface area contributed by atoms with Crippen molar-refractivity contribution in [2.24, 2.45) is 0 Å². The Bertz CT molecular complexity index is 966.